The zero-order valence-corrected chi connectivity index (χ0v) is 22.4. The number of ether oxygens (including phenoxy) is 1. The Bertz CT molecular complexity index is 1290. The summed E-state index contributed by atoms with van der Waals surface area (Å²) in [6.07, 6.45) is -10.2. The Labute approximate surface area is 238 Å². The normalized spacial score (nSPS) is 17.3. The molecule has 0 radical (unpaired) electrons. The second-order valence-corrected chi connectivity index (χ2v) is 9.56. The first-order chi connectivity index (χ1) is 20.1. The number of carbonyl (C=O) groups is 2. The van der Waals surface area contributed by atoms with Gasteiger partial charge in [0, 0.05) is 44.5 Å². The van der Waals surface area contributed by atoms with E-state index < -0.39 is 55.1 Å². The molecule has 1 amide bonds. The first kappa shape index (κ1) is 33.5. The fourth-order valence-corrected chi connectivity index (χ4v) is 4.36. The van der Waals surface area contributed by atoms with E-state index in [0.29, 0.717) is 37.3 Å². The van der Waals surface area contributed by atoms with Crippen molar-refractivity contribution in [1.82, 2.24) is 14.9 Å². The SMILES string of the molecule is CC1Cc2nc(NCC(F)F)c(N3CCC(Oc4ccc(F)cc4F)CC3)nc2CN1C(=O)C(F)F.O=C(O)C(F)(F)F. The molecule has 18 heteroatoms. The van der Waals surface area contributed by atoms with E-state index >= 15 is 0 Å². The van der Waals surface area contributed by atoms with Gasteiger partial charge < -0.3 is 25.0 Å². The summed E-state index contributed by atoms with van der Waals surface area (Å²) < 4.78 is 116. The van der Waals surface area contributed by atoms with Crippen molar-refractivity contribution < 1.29 is 58.9 Å². The Hall–Kier alpha value is -3.99. The highest BCUT2D eigenvalue weighted by Crippen LogP contribution is 2.32. The van der Waals surface area contributed by atoms with Gasteiger partial charge >= 0.3 is 18.6 Å². The Morgan fingerprint density at radius 2 is 1.72 bits per heavy atom. The lowest BCUT2D eigenvalue weighted by molar-refractivity contribution is -0.192. The van der Waals surface area contributed by atoms with E-state index in [2.05, 4.69) is 15.3 Å². The van der Waals surface area contributed by atoms with E-state index in [1.165, 1.54) is 6.07 Å². The fourth-order valence-electron chi connectivity index (χ4n) is 4.36. The molecule has 4 rings (SSSR count). The third-order valence-electron chi connectivity index (χ3n) is 6.44. The molecule has 2 N–H and O–H groups in total. The number of alkyl halides is 7. The monoisotopic (exact) mass is 631 g/mol. The highest BCUT2D eigenvalue weighted by molar-refractivity contribution is 5.80. The smallest absolute Gasteiger partial charge is 0.487 e. The third kappa shape index (κ3) is 9.00. The lowest BCUT2D eigenvalue weighted by Crippen LogP contribution is -2.46. The lowest BCUT2D eigenvalue weighted by Gasteiger charge is -2.36. The van der Waals surface area contributed by atoms with Crippen LogP contribution >= 0.6 is 0 Å². The van der Waals surface area contributed by atoms with Gasteiger partial charge in [0.05, 0.1) is 24.5 Å². The largest absolute Gasteiger partial charge is 0.490 e. The molecule has 0 saturated carbocycles. The molecule has 1 fully saturated rings. The zero-order valence-electron chi connectivity index (χ0n) is 22.4. The predicted molar refractivity (Wildman–Crippen MR) is 132 cm³/mol. The maximum atomic E-state index is 13.9. The van der Waals surface area contributed by atoms with Crippen LogP contribution in [0.1, 0.15) is 31.2 Å². The number of amides is 1. The minimum atomic E-state index is -5.08. The first-order valence-electron chi connectivity index (χ1n) is 12.7. The van der Waals surface area contributed by atoms with Gasteiger partial charge in [-0.1, -0.05) is 0 Å². The van der Waals surface area contributed by atoms with Crippen molar-refractivity contribution >= 4 is 23.5 Å². The summed E-state index contributed by atoms with van der Waals surface area (Å²) in [5.74, 6) is -5.25. The zero-order chi connectivity index (χ0) is 32.1. The van der Waals surface area contributed by atoms with Crippen LogP contribution in [0.5, 0.6) is 5.75 Å². The molecular formula is C25H26F9N5O4. The van der Waals surface area contributed by atoms with Crippen molar-refractivity contribution in [3.05, 3.63) is 41.2 Å². The Morgan fingerprint density at radius 1 is 1.09 bits per heavy atom. The molecule has 2 aliphatic rings. The average Bonchev–Trinajstić information content (AvgIpc) is 2.92. The standard InChI is InChI=1S/C23H25F6N5O2.C2HF3O2/c1-12-8-16-17(11-34(12)23(35)20(28)29)32-22(21(31-16)30-10-19(26)27)33-6-4-14(5-7-33)36-18-3-2-13(24)9-15(18)25;3-2(4,5)1(6)7/h2-3,9,12,14,19-20H,4-8,10-11H2,1H3,(H,30,31);(H,6,7). The van der Waals surface area contributed by atoms with Crippen LogP contribution in [-0.4, -0.2) is 82.7 Å². The summed E-state index contributed by atoms with van der Waals surface area (Å²) in [4.78, 5) is 32.7. The van der Waals surface area contributed by atoms with Crippen LogP contribution in [0.2, 0.25) is 0 Å². The lowest BCUT2D eigenvalue weighted by atomic mass is 10.0. The Balaban J connectivity index is 0.000000646. The molecule has 43 heavy (non-hydrogen) atoms. The number of nitrogens with zero attached hydrogens (tertiary/aromatic N) is 4. The topological polar surface area (TPSA) is 108 Å². The van der Waals surface area contributed by atoms with Gasteiger partial charge in [-0.3, -0.25) is 4.79 Å². The molecule has 1 atom stereocenters. The van der Waals surface area contributed by atoms with Gasteiger partial charge in [0.15, 0.2) is 23.2 Å². The number of hydrogen-bond acceptors (Lipinski definition) is 7. The van der Waals surface area contributed by atoms with Gasteiger partial charge in [0.25, 0.3) is 12.3 Å². The molecular weight excluding hydrogens is 605 g/mol. The predicted octanol–water partition coefficient (Wildman–Crippen LogP) is 4.65. The van der Waals surface area contributed by atoms with Gasteiger partial charge in [0.2, 0.25) is 0 Å². The fraction of sp³-hybridized carbons (Fsp3) is 0.520. The molecule has 2 aliphatic heterocycles. The number of benzene rings is 1. The number of carboxylic acid groups (broad SMARTS) is 1. The molecule has 1 aromatic carbocycles. The molecule has 9 nitrogen and oxygen atoms in total. The van der Waals surface area contributed by atoms with E-state index in [4.69, 9.17) is 14.6 Å². The van der Waals surface area contributed by atoms with E-state index in [1.54, 1.807) is 11.8 Å². The number of carbonyl (C=O) groups excluding carboxylic acids is 1. The van der Waals surface area contributed by atoms with Crippen LogP contribution in [0.25, 0.3) is 0 Å². The van der Waals surface area contributed by atoms with Gasteiger partial charge in [-0.25, -0.2) is 32.3 Å². The number of anilines is 2. The molecule has 0 spiro atoms. The molecule has 1 saturated heterocycles. The number of fused-ring (bicyclic) bond motifs is 1. The summed E-state index contributed by atoms with van der Waals surface area (Å²) in [6.45, 7) is 1.51. The molecule has 1 unspecified atom stereocenters. The molecule has 1 aromatic heterocycles. The van der Waals surface area contributed by atoms with Crippen LogP contribution in [-0.2, 0) is 22.6 Å². The highest BCUT2D eigenvalue weighted by atomic mass is 19.4. The third-order valence-corrected chi connectivity index (χ3v) is 6.44. The molecule has 2 aromatic rings. The maximum Gasteiger partial charge on any atom is 0.490 e. The van der Waals surface area contributed by atoms with Gasteiger partial charge in [0.1, 0.15) is 11.9 Å². The molecule has 0 bridgehead atoms. The second-order valence-electron chi connectivity index (χ2n) is 9.56. The van der Waals surface area contributed by atoms with Crippen molar-refractivity contribution in [2.45, 2.75) is 63.9 Å². The van der Waals surface area contributed by atoms with E-state index in [9.17, 15) is 44.3 Å². The second kappa shape index (κ2) is 14.0. The number of piperidine rings is 1. The van der Waals surface area contributed by atoms with Crippen molar-refractivity contribution in [2.75, 3.05) is 29.9 Å². The van der Waals surface area contributed by atoms with Crippen LogP contribution in [0.15, 0.2) is 18.2 Å². The van der Waals surface area contributed by atoms with Crippen LogP contribution in [0, 0.1) is 11.6 Å². The molecule has 3 heterocycles. The van der Waals surface area contributed by atoms with E-state index in [-0.39, 0.29) is 36.5 Å². The number of halogens is 9. The minimum Gasteiger partial charge on any atom is -0.487 e. The summed E-state index contributed by atoms with van der Waals surface area (Å²) in [6, 6.07) is 2.49. The average molecular weight is 631 g/mol. The summed E-state index contributed by atoms with van der Waals surface area (Å²) in [7, 11) is 0. The first-order valence-corrected chi connectivity index (χ1v) is 12.7. The number of rotatable bonds is 7. The van der Waals surface area contributed by atoms with Gasteiger partial charge in [-0.2, -0.15) is 22.0 Å². The summed E-state index contributed by atoms with van der Waals surface area (Å²) in [5, 5.41) is 9.73. The number of carboxylic acids is 1. The molecule has 238 valence electrons. The summed E-state index contributed by atoms with van der Waals surface area (Å²) >= 11 is 0. The van der Waals surface area contributed by atoms with Gasteiger partial charge in [-0.15, -0.1) is 0 Å². The van der Waals surface area contributed by atoms with Crippen LogP contribution < -0.4 is 15.0 Å². The van der Waals surface area contributed by atoms with E-state index in [1.807, 2.05) is 0 Å². The number of aliphatic carboxylic acids is 1. The molecule has 0 aliphatic carbocycles. The maximum absolute atomic E-state index is 13.9. The van der Waals surface area contributed by atoms with Crippen LogP contribution in [0.4, 0.5) is 51.1 Å². The van der Waals surface area contributed by atoms with Crippen LogP contribution in [0.3, 0.4) is 0 Å². The number of nitrogens with one attached hydrogen (secondary N) is 1. The van der Waals surface area contributed by atoms with Crippen molar-refractivity contribution in [1.29, 1.82) is 0 Å². The summed E-state index contributed by atoms with van der Waals surface area (Å²) in [5.41, 5.74) is 0.776. The minimum absolute atomic E-state index is 0.0689. The van der Waals surface area contributed by atoms with E-state index in [0.717, 1.165) is 17.0 Å². The van der Waals surface area contributed by atoms with Crippen molar-refractivity contribution in [2.24, 2.45) is 0 Å². The van der Waals surface area contributed by atoms with Crippen molar-refractivity contribution in [3.8, 4) is 5.75 Å². The Kier molecular flexibility index (Phi) is 10.9. The number of hydrogen-bond donors (Lipinski definition) is 2. The highest BCUT2D eigenvalue weighted by Gasteiger charge is 2.38. The number of aromatic nitrogens is 2. The Morgan fingerprint density at radius 3 is 2.26 bits per heavy atom. The van der Waals surface area contributed by atoms with Gasteiger partial charge in [-0.05, 0) is 19.1 Å². The van der Waals surface area contributed by atoms with Crippen molar-refractivity contribution in [3.63, 3.8) is 0 Å². The quantitative estimate of drug-likeness (QED) is 0.426.